The summed E-state index contributed by atoms with van der Waals surface area (Å²) in [5.74, 6) is 0.341. The van der Waals surface area contributed by atoms with Crippen molar-refractivity contribution in [3.8, 4) is 11.5 Å². The Kier molecular flexibility index (Phi) is 2.60. The van der Waals surface area contributed by atoms with Crippen LogP contribution in [0.2, 0.25) is 0 Å². The number of pyridine rings is 1. The molecule has 0 bridgehead atoms. The van der Waals surface area contributed by atoms with Crippen molar-refractivity contribution in [2.45, 2.75) is 25.4 Å². The van der Waals surface area contributed by atoms with E-state index >= 15 is 0 Å². The number of nitrogens with zero attached hydrogens (tertiary/aromatic N) is 2. The molecular formula is C12H13FN4. The van der Waals surface area contributed by atoms with E-state index in [-0.39, 0.29) is 5.82 Å². The molecular weight excluding hydrogens is 219 g/mol. The average molecular weight is 232 g/mol. The third-order valence-corrected chi connectivity index (χ3v) is 2.76. The molecule has 0 aliphatic heterocycles. The molecule has 2 aromatic rings. The minimum absolute atomic E-state index is 0.337. The Balaban J connectivity index is 1.72. The van der Waals surface area contributed by atoms with Gasteiger partial charge in [-0.15, -0.1) is 0 Å². The van der Waals surface area contributed by atoms with Gasteiger partial charge in [-0.25, -0.2) is 14.4 Å². The fraction of sp³-hybridized carbons (Fsp3) is 0.333. The quantitative estimate of drug-likeness (QED) is 0.846. The Hall–Kier alpha value is -1.75. The smallest absolute Gasteiger partial charge is 0.156 e. The third-order valence-electron chi connectivity index (χ3n) is 2.76. The molecule has 0 atom stereocenters. The average Bonchev–Trinajstić information content (AvgIpc) is 3.06. The molecule has 2 aromatic heterocycles. The molecule has 1 aliphatic rings. The molecule has 2 heterocycles. The molecule has 0 unspecified atom stereocenters. The standard InChI is InChI=1S/C12H13FN4/c13-8-1-4-11(15-5-8)12-16-7-10(17-12)6-14-9-2-3-9/h1,4-5,7,9,14H,2-3,6H2,(H,16,17). The molecule has 0 saturated heterocycles. The van der Waals surface area contributed by atoms with Crippen molar-refractivity contribution >= 4 is 0 Å². The minimum atomic E-state index is -0.337. The van der Waals surface area contributed by atoms with Gasteiger partial charge in [0.1, 0.15) is 11.5 Å². The molecule has 3 rings (SSSR count). The second-order valence-electron chi connectivity index (χ2n) is 4.27. The molecule has 0 aromatic carbocycles. The zero-order valence-electron chi connectivity index (χ0n) is 9.28. The molecule has 0 spiro atoms. The van der Waals surface area contributed by atoms with E-state index in [1.54, 1.807) is 12.3 Å². The van der Waals surface area contributed by atoms with Gasteiger partial charge in [0.25, 0.3) is 0 Å². The van der Waals surface area contributed by atoms with Crippen LogP contribution < -0.4 is 5.32 Å². The number of H-pyrrole nitrogens is 1. The van der Waals surface area contributed by atoms with Crippen molar-refractivity contribution in [1.29, 1.82) is 0 Å². The molecule has 0 radical (unpaired) electrons. The highest BCUT2D eigenvalue weighted by molar-refractivity contribution is 5.48. The maximum absolute atomic E-state index is 12.7. The van der Waals surface area contributed by atoms with Crippen LogP contribution >= 0.6 is 0 Å². The number of rotatable bonds is 4. The van der Waals surface area contributed by atoms with Crippen LogP contribution in [0.25, 0.3) is 11.5 Å². The van der Waals surface area contributed by atoms with Crippen molar-refractivity contribution in [1.82, 2.24) is 20.3 Å². The van der Waals surface area contributed by atoms with Crippen LogP contribution in [-0.4, -0.2) is 21.0 Å². The van der Waals surface area contributed by atoms with E-state index in [9.17, 15) is 4.39 Å². The zero-order valence-corrected chi connectivity index (χ0v) is 9.28. The van der Waals surface area contributed by atoms with E-state index in [2.05, 4.69) is 20.3 Å². The van der Waals surface area contributed by atoms with Crippen LogP contribution in [0.1, 0.15) is 18.5 Å². The summed E-state index contributed by atoms with van der Waals surface area (Å²) in [6, 6.07) is 3.67. The largest absolute Gasteiger partial charge is 0.339 e. The Bertz CT molecular complexity index is 501. The number of nitrogens with one attached hydrogen (secondary N) is 2. The number of halogens is 1. The van der Waals surface area contributed by atoms with Gasteiger partial charge < -0.3 is 10.3 Å². The molecule has 2 N–H and O–H groups in total. The van der Waals surface area contributed by atoms with Crippen LogP contribution in [-0.2, 0) is 6.54 Å². The van der Waals surface area contributed by atoms with E-state index < -0.39 is 0 Å². The number of aromatic amines is 1. The lowest BCUT2D eigenvalue weighted by molar-refractivity contribution is 0.621. The monoisotopic (exact) mass is 232 g/mol. The highest BCUT2D eigenvalue weighted by atomic mass is 19.1. The third kappa shape index (κ3) is 2.50. The van der Waals surface area contributed by atoms with Crippen LogP contribution in [0.4, 0.5) is 4.39 Å². The van der Waals surface area contributed by atoms with E-state index in [4.69, 9.17) is 0 Å². The summed E-state index contributed by atoms with van der Waals surface area (Å²) in [6.45, 7) is 0.791. The first kappa shape index (κ1) is 10.4. The summed E-state index contributed by atoms with van der Waals surface area (Å²) >= 11 is 0. The molecule has 88 valence electrons. The molecule has 0 amide bonds. The van der Waals surface area contributed by atoms with Crippen molar-refractivity contribution in [2.24, 2.45) is 0 Å². The van der Waals surface area contributed by atoms with E-state index in [1.807, 2.05) is 0 Å². The summed E-state index contributed by atoms with van der Waals surface area (Å²) in [5.41, 5.74) is 1.68. The Morgan fingerprint density at radius 2 is 2.18 bits per heavy atom. The number of hydrogen-bond donors (Lipinski definition) is 2. The second kappa shape index (κ2) is 4.25. The zero-order chi connectivity index (χ0) is 11.7. The van der Waals surface area contributed by atoms with Gasteiger partial charge >= 0.3 is 0 Å². The van der Waals surface area contributed by atoms with E-state index in [1.165, 1.54) is 25.1 Å². The summed E-state index contributed by atoms with van der Waals surface area (Å²) < 4.78 is 12.7. The van der Waals surface area contributed by atoms with E-state index in [0.717, 1.165) is 12.2 Å². The molecule has 1 fully saturated rings. The Morgan fingerprint density at radius 3 is 2.88 bits per heavy atom. The number of imidazole rings is 1. The van der Waals surface area contributed by atoms with E-state index in [0.29, 0.717) is 17.6 Å². The highest BCUT2D eigenvalue weighted by Gasteiger charge is 2.20. The summed E-state index contributed by atoms with van der Waals surface area (Å²) in [6.07, 6.45) is 5.51. The van der Waals surface area contributed by atoms with Crippen molar-refractivity contribution < 1.29 is 4.39 Å². The molecule has 4 nitrogen and oxygen atoms in total. The second-order valence-corrected chi connectivity index (χ2v) is 4.27. The molecule has 5 heteroatoms. The van der Waals surface area contributed by atoms with Crippen molar-refractivity contribution in [3.63, 3.8) is 0 Å². The molecule has 1 aliphatic carbocycles. The van der Waals surface area contributed by atoms with Gasteiger partial charge in [-0.05, 0) is 25.0 Å². The van der Waals surface area contributed by atoms with Gasteiger partial charge in [0.15, 0.2) is 5.82 Å². The summed E-state index contributed by atoms with van der Waals surface area (Å²) in [4.78, 5) is 11.4. The topological polar surface area (TPSA) is 53.6 Å². The van der Waals surface area contributed by atoms with Crippen molar-refractivity contribution in [3.05, 3.63) is 36.0 Å². The van der Waals surface area contributed by atoms with Gasteiger partial charge in [-0.3, -0.25) is 0 Å². The lowest BCUT2D eigenvalue weighted by Crippen LogP contribution is -2.15. The first-order chi connectivity index (χ1) is 8.31. The van der Waals surface area contributed by atoms with Crippen LogP contribution in [0.15, 0.2) is 24.5 Å². The first-order valence-corrected chi connectivity index (χ1v) is 5.70. The fourth-order valence-electron chi connectivity index (χ4n) is 1.64. The normalized spacial score (nSPS) is 15.1. The highest BCUT2D eigenvalue weighted by Crippen LogP contribution is 2.19. The maximum atomic E-state index is 12.7. The molecule has 1 saturated carbocycles. The van der Waals surface area contributed by atoms with Crippen LogP contribution in [0.3, 0.4) is 0 Å². The van der Waals surface area contributed by atoms with Gasteiger partial charge in [0.2, 0.25) is 0 Å². The Labute approximate surface area is 98.3 Å². The van der Waals surface area contributed by atoms with Gasteiger partial charge in [0.05, 0.1) is 12.4 Å². The predicted molar refractivity (Wildman–Crippen MR) is 61.6 cm³/mol. The lowest BCUT2D eigenvalue weighted by Gasteiger charge is -1.98. The van der Waals surface area contributed by atoms with Crippen LogP contribution in [0.5, 0.6) is 0 Å². The van der Waals surface area contributed by atoms with Crippen molar-refractivity contribution in [2.75, 3.05) is 0 Å². The predicted octanol–water partition coefficient (Wildman–Crippen LogP) is 1.86. The van der Waals surface area contributed by atoms with Gasteiger partial charge in [-0.1, -0.05) is 0 Å². The summed E-state index contributed by atoms with van der Waals surface area (Å²) in [7, 11) is 0. The maximum Gasteiger partial charge on any atom is 0.156 e. The van der Waals surface area contributed by atoms with Gasteiger partial charge in [-0.2, -0.15) is 0 Å². The lowest BCUT2D eigenvalue weighted by atomic mass is 10.3. The SMILES string of the molecule is Fc1ccc(-c2ncc(CNC3CC3)[nH]2)nc1. The van der Waals surface area contributed by atoms with Gasteiger partial charge in [0, 0.05) is 18.3 Å². The summed E-state index contributed by atoms with van der Waals surface area (Å²) in [5, 5.41) is 3.40. The number of aromatic nitrogens is 3. The molecule has 17 heavy (non-hydrogen) atoms. The fourth-order valence-corrected chi connectivity index (χ4v) is 1.64. The van der Waals surface area contributed by atoms with Crippen LogP contribution in [0, 0.1) is 5.82 Å². The minimum Gasteiger partial charge on any atom is -0.339 e. The first-order valence-electron chi connectivity index (χ1n) is 5.70. The Morgan fingerprint density at radius 1 is 1.29 bits per heavy atom. The number of hydrogen-bond acceptors (Lipinski definition) is 3.